The molecule has 0 saturated heterocycles. The van der Waals surface area contributed by atoms with Crippen LogP contribution < -0.4 is 0 Å². The molecule has 0 heterocycles. The molecule has 7 heteroatoms. The molecular formula is C8H6FNO5. The molecule has 0 aromatic heterocycles. The Morgan fingerprint density at radius 2 is 2.13 bits per heavy atom. The third-order valence-corrected chi connectivity index (χ3v) is 1.73. The SMILES string of the molecule is O=C(O)C(O)c1c(F)cccc1[N+](=O)[O-]. The lowest BCUT2D eigenvalue weighted by Crippen LogP contribution is -2.14. The molecule has 15 heavy (non-hydrogen) atoms. The van der Waals surface area contributed by atoms with E-state index in [0.29, 0.717) is 0 Å². The van der Waals surface area contributed by atoms with Gasteiger partial charge >= 0.3 is 5.97 Å². The first-order chi connectivity index (χ1) is 6.95. The van der Waals surface area contributed by atoms with Gasteiger partial charge in [0, 0.05) is 6.07 Å². The van der Waals surface area contributed by atoms with Crippen molar-refractivity contribution in [3.05, 3.63) is 39.7 Å². The van der Waals surface area contributed by atoms with E-state index in [2.05, 4.69) is 0 Å². The highest BCUT2D eigenvalue weighted by Gasteiger charge is 2.29. The van der Waals surface area contributed by atoms with E-state index in [0.717, 1.165) is 18.2 Å². The molecule has 0 bridgehead atoms. The number of nitro benzene ring substituents is 1. The van der Waals surface area contributed by atoms with Crippen LogP contribution in [-0.2, 0) is 4.79 Å². The molecule has 0 aliphatic heterocycles. The summed E-state index contributed by atoms with van der Waals surface area (Å²) in [5, 5.41) is 27.9. The Morgan fingerprint density at radius 1 is 1.53 bits per heavy atom. The van der Waals surface area contributed by atoms with E-state index >= 15 is 0 Å². The van der Waals surface area contributed by atoms with Crippen molar-refractivity contribution >= 4 is 11.7 Å². The van der Waals surface area contributed by atoms with E-state index in [9.17, 15) is 19.3 Å². The molecule has 0 saturated carbocycles. The molecule has 1 rings (SSSR count). The van der Waals surface area contributed by atoms with E-state index in [4.69, 9.17) is 10.2 Å². The molecule has 0 radical (unpaired) electrons. The third-order valence-electron chi connectivity index (χ3n) is 1.73. The fourth-order valence-corrected chi connectivity index (χ4v) is 1.08. The number of carboxylic acid groups (broad SMARTS) is 1. The lowest BCUT2D eigenvalue weighted by Gasteiger charge is -2.07. The topological polar surface area (TPSA) is 101 Å². The summed E-state index contributed by atoms with van der Waals surface area (Å²) in [7, 11) is 0. The van der Waals surface area contributed by atoms with Crippen LogP contribution in [0.3, 0.4) is 0 Å². The summed E-state index contributed by atoms with van der Waals surface area (Å²) in [6.45, 7) is 0. The number of carboxylic acids is 1. The van der Waals surface area contributed by atoms with Crippen molar-refractivity contribution in [3.63, 3.8) is 0 Å². The van der Waals surface area contributed by atoms with E-state index in [1.165, 1.54) is 0 Å². The Bertz CT molecular complexity index is 419. The minimum atomic E-state index is -2.24. The number of aliphatic hydroxyl groups excluding tert-OH is 1. The Balaban J connectivity index is 3.37. The summed E-state index contributed by atoms with van der Waals surface area (Å²) in [4.78, 5) is 19.9. The van der Waals surface area contributed by atoms with Crippen LogP contribution >= 0.6 is 0 Å². The van der Waals surface area contributed by atoms with Crippen LogP contribution in [-0.4, -0.2) is 21.1 Å². The van der Waals surface area contributed by atoms with E-state index in [1.807, 2.05) is 0 Å². The monoisotopic (exact) mass is 215 g/mol. The Kier molecular flexibility index (Phi) is 2.96. The molecule has 1 atom stereocenters. The van der Waals surface area contributed by atoms with Gasteiger partial charge in [-0.05, 0) is 6.07 Å². The number of aliphatic carboxylic acids is 1. The molecule has 6 nitrogen and oxygen atoms in total. The first-order valence-electron chi connectivity index (χ1n) is 3.79. The maximum absolute atomic E-state index is 13.1. The summed E-state index contributed by atoms with van der Waals surface area (Å²) in [5.74, 6) is -2.87. The third kappa shape index (κ3) is 2.08. The van der Waals surface area contributed by atoms with Crippen LogP contribution in [0.4, 0.5) is 10.1 Å². The van der Waals surface area contributed by atoms with Gasteiger partial charge in [0.2, 0.25) is 0 Å². The standard InChI is InChI=1S/C8H6FNO5/c9-4-2-1-3-5(10(14)15)6(4)7(11)8(12)13/h1-3,7,11H,(H,12,13). The molecule has 80 valence electrons. The number of hydrogen-bond acceptors (Lipinski definition) is 4. The maximum atomic E-state index is 13.1. The van der Waals surface area contributed by atoms with E-state index in [1.54, 1.807) is 0 Å². The van der Waals surface area contributed by atoms with Gasteiger partial charge in [0.05, 0.1) is 4.92 Å². The second-order valence-electron chi connectivity index (χ2n) is 2.67. The quantitative estimate of drug-likeness (QED) is 0.575. The smallest absolute Gasteiger partial charge is 0.337 e. The van der Waals surface area contributed by atoms with Gasteiger partial charge in [-0.2, -0.15) is 0 Å². The summed E-state index contributed by atoms with van der Waals surface area (Å²) in [5.41, 5.74) is -1.60. The van der Waals surface area contributed by atoms with Gasteiger partial charge in [0.1, 0.15) is 11.4 Å². The molecule has 0 aliphatic carbocycles. The van der Waals surface area contributed by atoms with Crippen molar-refractivity contribution in [1.29, 1.82) is 0 Å². The fraction of sp³-hybridized carbons (Fsp3) is 0.125. The van der Waals surface area contributed by atoms with Crippen LogP contribution in [0.5, 0.6) is 0 Å². The molecule has 0 amide bonds. The number of benzene rings is 1. The lowest BCUT2D eigenvalue weighted by molar-refractivity contribution is -0.386. The molecule has 1 unspecified atom stereocenters. The van der Waals surface area contributed by atoms with Crippen LogP contribution in [0.25, 0.3) is 0 Å². The Labute approximate surface area is 82.7 Å². The van der Waals surface area contributed by atoms with Crippen molar-refractivity contribution in [2.75, 3.05) is 0 Å². The molecule has 0 spiro atoms. The fourth-order valence-electron chi connectivity index (χ4n) is 1.08. The zero-order valence-corrected chi connectivity index (χ0v) is 7.25. The van der Waals surface area contributed by atoms with Crippen LogP contribution in [0.1, 0.15) is 11.7 Å². The minimum Gasteiger partial charge on any atom is -0.479 e. The predicted octanol–water partition coefficient (Wildman–Crippen LogP) is 0.852. The summed E-state index contributed by atoms with van der Waals surface area (Å²) < 4.78 is 13.1. The van der Waals surface area contributed by atoms with Crippen molar-refractivity contribution in [3.8, 4) is 0 Å². The Hall–Kier alpha value is -2.02. The number of nitro groups is 1. The van der Waals surface area contributed by atoms with Gasteiger partial charge in [-0.15, -0.1) is 0 Å². The maximum Gasteiger partial charge on any atom is 0.337 e. The number of halogens is 1. The average molecular weight is 215 g/mol. The molecule has 0 aliphatic rings. The highest BCUT2D eigenvalue weighted by atomic mass is 19.1. The number of hydrogen-bond donors (Lipinski definition) is 2. The average Bonchev–Trinajstić information content (AvgIpc) is 2.16. The molecule has 2 N–H and O–H groups in total. The molecule has 1 aromatic rings. The molecule has 0 fully saturated rings. The van der Waals surface area contributed by atoms with E-state index in [-0.39, 0.29) is 0 Å². The van der Waals surface area contributed by atoms with Crippen molar-refractivity contribution < 1.29 is 24.3 Å². The zero-order valence-electron chi connectivity index (χ0n) is 7.25. The first kappa shape index (κ1) is 11.1. The zero-order chi connectivity index (χ0) is 11.6. The van der Waals surface area contributed by atoms with Crippen LogP contribution in [0.2, 0.25) is 0 Å². The second kappa shape index (κ2) is 4.01. The Morgan fingerprint density at radius 3 is 2.60 bits per heavy atom. The van der Waals surface area contributed by atoms with Crippen molar-refractivity contribution in [2.24, 2.45) is 0 Å². The lowest BCUT2D eigenvalue weighted by atomic mass is 10.1. The normalized spacial score (nSPS) is 12.1. The first-order valence-corrected chi connectivity index (χ1v) is 3.79. The molecule has 1 aromatic carbocycles. The van der Waals surface area contributed by atoms with Crippen molar-refractivity contribution in [2.45, 2.75) is 6.10 Å². The van der Waals surface area contributed by atoms with Gasteiger partial charge in [0.15, 0.2) is 6.10 Å². The highest BCUT2D eigenvalue weighted by Crippen LogP contribution is 2.27. The van der Waals surface area contributed by atoms with Crippen molar-refractivity contribution in [1.82, 2.24) is 0 Å². The number of carbonyl (C=O) groups is 1. The molecular weight excluding hydrogens is 209 g/mol. The largest absolute Gasteiger partial charge is 0.479 e. The van der Waals surface area contributed by atoms with Gasteiger partial charge < -0.3 is 10.2 Å². The highest BCUT2D eigenvalue weighted by molar-refractivity contribution is 5.76. The van der Waals surface area contributed by atoms with E-state index < -0.39 is 34.1 Å². The summed E-state index contributed by atoms with van der Waals surface area (Å²) in [6, 6.07) is 2.82. The van der Waals surface area contributed by atoms with Gasteiger partial charge in [-0.1, -0.05) is 6.07 Å². The van der Waals surface area contributed by atoms with Gasteiger partial charge in [-0.3, -0.25) is 10.1 Å². The number of aliphatic hydroxyl groups is 1. The number of rotatable bonds is 3. The second-order valence-corrected chi connectivity index (χ2v) is 2.67. The minimum absolute atomic E-state index is 0.759. The van der Waals surface area contributed by atoms with Gasteiger partial charge in [-0.25, -0.2) is 9.18 Å². The summed E-state index contributed by atoms with van der Waals surface area (Å²) >= 11 is 0. The predicted molar refractivity (Wildman–Crippen MR) is 45.7 cm³/mol. The van der Waals surface area contributed by atoms with Crippen LogP contribution in [0.15, 0.2) is 18.2 Å². The number of nitrogens with zero attached hydrogens (tertiary/aromatic N) is 1. The van der Waals surface area contributed by atoms with Crippen LogP contribution in [0, 0.1) is 15.9 Å². The summed E-state index contributed by atoms with van der Waals surface area (Å²) in [6.07, 6.45) is -2.24. The van der Waals surface area contributed by atoms with Gasteiger partial charge in [0.25, 0.3) is 5.69 Å².